The van der Waals surface area contributed by atoms with Crippen molar-refractivity contribution in [2.75, 3.05) is 0 Å². The molecule has 0 saturated carbocycles. The first-order chi connectivity index (χ1) is 38.2. The summed E-state index contributed by atoms with van der Waals surface area (Å²) in [5.41, 5.74) is 18.7. The van der Waals surface area contributed by atoms with Gasteiger partial charge in [0.2, 0.25) is 5.95 Å². The van der Waals surface area contributed by atoms with Crippen LogP contribution in [-0.4, -0.2) is 24.1 Å². The van der Waals surface area contributed by atoms with Crippen LogP contribution in [0.15, 0.2) is 251 Å². The monoisotopic (exact) mass is 983 g/mol. The number of furan rings is 2. The van der Waals surface area contributed by atoms with Crippen molar-refractivity contribution in [2.24, 2.45) is 0 Å². The van der Waals surface area contributed by atoms with Crippen LogP contribution in [0.5, 0.6) is 0 Å². The lowest BCUT2D eigenvalue weighted by Gasteiger charge is -2.18. The molecular formula is C70H41N5O2. The Morgan fingerprint density at radius 3 is 1.79 bits per heavy atom. The minimum atomic E-state index is -0.0196. The Morgan fingerprint density at radius 2 is 0.935 bits per heavy atom. The Kier molecular flexibility index (Phi) is 8.77. The largest absolute Gasteiger partial charge is 0.456 e. The van der Waals surface area contributed by atoms with E-state index in [1.165, 1.54) is 44.1 Å². The Balaban J connectivity index is 0.911. The number of hydrogen-bond acceptors (Lipinski definition) is 5. The van der Waals surface area contributed by atoms with Crippen LogP contribution >= 0.6 is 0 Å². The van der Waals surface area contributed by atoms with E-state index in [2.05, 4.69) is 221 Å². The first-order valence-electron chi connectivity index (χ1n) is 26.1. The predicted molar refractivity (Wildman–Crippen MR) is 312 cm³/mol. The Bertz CT molecular complexity index is 5120. The third-order valence-electron chi connectivity index (χ3n) is 16.1. The molecule has 358 valence electrons. The Morgan fingerprint density at radius 1 is 0.338 bits per heavy atom. The lowest BCUT2D eigenvalue weighted by Crippen LogP contribution is -2.08. The highest BCUT2D eigenvalue weighted by atomic mass is 16.3. The highest BCUT2D eigenvalue weighted by molar-refractivity contribution is 6.15. The molecule has 77 heavy (non-hydrogen) atoms. The molecule has 7 heteroatoms. The van der Waals surface area contributed by atoms with E-state index in [4.69, 9.17) is 23.8 Å². The molecule has 0 aliphatic heterocycles. The molecule has 0 N–H and O–H groups in total. The quantitative estimate of drug-likeness (QED) is 0.166. The van der Waals surface area contributed by atoms with Crippen LogP contribution in [0.1, 0.15) is 22.6 Å². The number of rotatable bonds is 6. The van der Waals surface area contributed by atoms with Crippen molar-refractivity contribution >= 4 is 87.5 Å². The van der Waals surface area contributed by atoms with Gasteiger partial charge in [0.05, 0.1) is 22.1 Å². The van der Waals surface area contributed by atoms with Gasteiger partial charge in [-0.1, -0.05) is 170 Å². The zero-order valence-corrected chi connectivity index (χ0v) is 41.2. The van der Waals surface area contributed by atoms with Gasteiger partial charge >= 0.3 is 0 Å². The summed E-state index contributed by atoms with van der Waals surface area (Å²) in [6.07, 6.45) is 0. The normalized spacial score (nSPS) is 13.3. The van der Waals surface area contributed by atoms with Crippen LogP contribution in [0.25, 0.3) is 144 Å². The van der Waals surface area contributed by atoms with E-state index >= 15 is 0 Å². The molecule has 5 heterocycles. The van der Waals surface area contributed by atoms with E-state index in [1.807, 2.05) is 30.3 Å². The molecule has 11 aromatic carbocycles. The molecule has 0 spiro atoms. The second-order valence-electron chi connectivity index (χ2n) is 20.2. The second kappa shape index (κ2) is 16.1. The van der Waals surface area contributed by atoms with Gasteiger partial charge in [0.25, 0.3) is 0 Å². The molecule has 0 radical (unpaired) electrons. The third kappa shape index (κ3) is 6.16. The molecular weight excluding hydrogens is 943 g/mol. The summed E-state index contributed by atoms with van der Waals surface area (Å²) < 4.78 is 17.9. The highest BCUT2D eigenvalue weighted by Crippen LogP contribution is 2.52. The van der Waals surface area contributed by atoms with Crippen molar-refractivity contribution in [1.29, 1.82) is 0 Å². The van der Waals surface area contributed by atoms with Crippen LogP contribution in [0.2, 0.25) is 0 Å². The minimum absolute atomic E-state index is 0.0196. The van der Waals surface area contributed by atoms with E-state index < -0.39 is 0 Å². The zero-order chi connectivity index (χ0) is 50.3. The van der Waals surface area contributed by atoms with Gasteiger partial charge < -0.3 is 13.4 Å². The smallest absolute Gasteiger partial charge is 0.238 e. The van der Waals surface area contributed by atoms with E-state index in [9.17, 15) is 0 Å². The van der Waals surface area contributed by atoms with Gasteiger partial charge in [-0.3, -0.25) is 4.57 Å². The molecule has 7 nitrogen and oxygen atoms in total. The summed E-state index contributed by atoms with van der Waals surface area (Å²) in [5.74, 6) is 1.56. The van der Waals surface area contributed by atoms with Gasteiger partial charge in [0.1, 0.15) is 22.3 Å². The van der Waals surface area contributed by atoms with E-state index in [1.54, 1.807) is 0 Å². The van der Waals surface area contributed by atoms with Gasteiger partial charge in [-0.25, -0.2) is 4.98 Å². The molecule has 1 aliphatic rings. The summed E-state index contributed by atoms with van der Waals surface area (Å²) in [6.45, 7) is 0. The van der Waals surface area contributed by atoms with Crippen molar-refractivity contribution in [3.8, 4) is 56.7 Å². The van der Waals surface area contributed by atoms with Crippen molar-refractivity contribution in [3.63, 3.8) is 0 Å². The van der Waals surface area contributed by atoms with E-state index in [0.717, 1.165) is 99.1 Å². The van der Waals surface area contributed by atoms with Crippen molar-refractivity contribution in [2.45, 2.75) is 5.92 Å². The maximum Gasteiger partial charge on any atom is 0.238 e. The lowest BCUT2D eigenvalue weighted by molar-refractivity contribution is 0.668. The topological polar surface area (TPSA) is 74.8 Å². The molecule has 0 saturated heterocycles. The second-order valence-corrected chi connectivity index (χ2v) is 20.2. The number of nitrogens with zero attached hydrogens (tertiary/aromatic N) is 5. The zero-order valence-electron chi connectivity index (χ0n) is 41.2. The van der Waals surface area contributed by atoms with Gasteiger partial charge in [-0.05, 0) is 112 Å². The average Bonchev–Trinajstić information content (AvgIpc) is 4.45. The molecule has 5 aromatic heterocycles. The fraction of sp³-hybridized carbons (Fsp3) is 0.0143. The van der Waals surface area contributed by atoms with Crippen LogP contribution in [0, 0.1) is 0 Å². The van der Waals surface area contributed by atoms with Crippen molar-refractivity contribution in [1.82, 2.24) is 24.1 Å². The molecule has 17 rings (SSSR count). The number of benzene rings is 11. The fourth-order valence-corrected chi connectivity index (χ4v) is 12.7. The summed E-state index contributed by atoms with van der Waals surface area (Å²) >= 11 is 0. The molecule has 0 amide bonds. The van der Waals surface area contributed by atoms with E-state index in [0.29, 0.717) is 17.6 Å². The molecule has 1 aliphatic carbocycles. The summed E-state index contributed by atoms with van der Waals surface area (Å²) in [6, 6.07) is 86.2. The number of aromatic nitrogens is 5. The van der Waals surface area contributed by atoms with Crippen LogP contribution in [0.4, 0.5) is 0 Å². The molecule has 16 aromatic rings. The molecule has 1 unspecified atom stereocenters. The maximum atomic E-state index is 6.74. The number of para-hydroxylation sites is 4. The van der Waals surface area contributed by atoms with Crippen LogP contribution in [0.3, 0.4) is 0 Å². The average molecular weight is 984 g/mol. The maximum absolute atomic E-state index is 6.74. The third-order valence-corrected chi connectivity index (χ3v) is 16.1. The molecule has 1 atom stereocenters. The van der Waals surface area contributed by atoms with Gasteiger partial charge in [0, 0.05) is 65.8 Å². The van der Waals surface area contributed by atoms with Crippen LogP contribution < -0.4 is 0 Å². The SMILES string of the molecule is c1ccc(C2c3ccccc3-c3ccc4c5ccccc5n(-c5nc(-c6ccc7c(c6)oc6ccccc67)nc(-c6cccc7oc8ccc(-c9ccc%10c(c9)c9ccccc9n%10-c9ccccc9)cc8c67)n5)c4c32)cc1. The predicted octanol–water partition coefficient (Wildman–Crippen LogP) is 18.0. The number of hydrogen-bond donors (Lipinski definition) is 0. The minimum Gasteiger partial charge on any atom is -0.456 e. The number of fused-ring (bicyclic) bond motifs is 16. The van der Waals surface area contributed by atoms with Gasteiger partial charge in [-0.2, -0.15) is 9.97 Å². The summed E-state index contributed by atoms with van der Waals surface area (Å²) in [5, 5.41) is 8.68. The van der Waals surface area contributed by atoms with Crippen LogP contribution in [-0.2, 0) is 0 Å². The first kappa shape index (κ1) is 42.0. The first-order valence-corrected chi connectivity index (χ1v) is 26.1. The van der Waals surface area contributed by atoms with Gasteiger partial charge in [0.15, 0.2) is 11.6 Å². The standard InChI is InChI=1S/C70H41N5O2/c1-3-16-41(17-4-1)64-51-24-8-7-20-46(51)52-34-35-53-47-21-9-13-27-58(47)75(67(53)66(52)64)70-72-68(44-30-33-50-49-23-11-14-28-60(49)77-63(50)40-44)71-69(73-70)54-25-15-29-62-65(54)56-39-43(32-37-61(56)76-62)42-31-36-59-55(38-42)48-22-10-12-26-57(48)74(59)45-18-5-2-6-19-45/h1-40,64H. The fourth-order valence-electron chi connectivity index (χ4n) is 12.7. The van der Waals surface area contributed by atoms with E-state index in [-0.39, 0.29) is 5.92 Å². The Labute approximate surface area is 440 Å². The highest BCUT2D eigenvalue weighted by Gasteiger charge is 2.34. The van der Waals surface area contributed by atoms with Gasteiger partial charge in [-0.15, -0.1) is 0 Å². The molecule has 0 fully saturated rings. The Hall–Kier alpha value is -10.4. The van der Waals surface area contributed by atoms with Crippen molar-refractivity contribution < 1.29 is 8.83 Å². The lowest BCUT2D eigenvalue weighted by atomic mass is 9.88. The summed E-state index contributed by atoms with van der Waals surface area (Å²) in [7, 11) is 0. The molecule has 0 bridgehead atoms. The summed E-state index contributed by atoms with van der Waals surface area (Å²) in [4.78, 5) is 16.6. The van der Waals surface area contributed by atoms with Crippen molar-refractivity contribution in [3.05, 3.63) is 259 Å².